The Hall–Kier alpha value is -3.66. The number of nitrogens with one attached hydrogen (secondary N) is 1. The zero-order chi connectivity index (χ0) is 35.5. The molecule has 0 spiro atoms. The lowest BCUT2D eigenvalue weighted by atomic mass is 9.97. The second-order valence-corrected chi connectivity index (χ2v) is 13.8. The number of rotatable bonds is 12. The highest BCUT2D eigenvalue weighted by atomic mass is 35.5. The Morgan fingerprint density at radius 3 is 2.54 bits per heavy atom. The fourth-order valence-corrected chi connectivity index (χ4v) is 7.67. The molecule has 4 aliphatic rings. The van der Waals surface area contributed by atoms with Gasteiger partial charge in [0.15, 0.2) is 12.5 Å². The predicted octanol–water partition coefficient (Wildman–Crippen LogP) is 1.30. The average Bonchev–Trinajstić information content (AvgIpc) is 3.89. The minimum absolute atomic E-state index is 0. The molecule has 2 fully saturated rings. The van der Waals surface area contributed by atoms with E-state index >= 15 is 0 Å². The maximum absolute atomic E-state index is 14.2. The molecule has 54 heavy (non-hydrogen) atoms. The minimum Gasteiger partial charge on any atom is -1.00 e. The largest absolute Gasteiger partial charge is 1.00 e. The van der Waals surface area contributed by atoms with Gasteiger partial charge in [-0.2, -0.15) is 15.5 Å². The summed E-state index contributed by atoms with van der Waals surface area (Å²) in [5.74, 6) is -0.137. The van der Waals surface area contributed by atoms with Crippen molar-refractivity contribution in [3.8, 4) is 5.75 Å². The molecule has 2 saturated heterocycles. The first-order valence-corrected chi connectivity index (χ1v) is 17.8. The molecule has 0 radical (unpaired) electrons. The molecule has 17 heteroatoms. The number of allylic oxidation sites excluding steroid dienone is 2. The van der Waals surface area contributed by atoms with Crippen LogP contribution in [0.5, 0.6) is 5.75 Å². The molecule has 2 aromatic carbocycles. The van der Waals surface area contributed by atoms with Gasteiger partial charge in [-0.15, -0.1) is 24.8 Å². The molecule has 0 saturated carbocycles. The van der Waals surface area contributed by atoms with E-state index < -0.39 is 23.4 Å². The molecule has 5 atom stereocenters. The van der Waals surface area contributed by atoms with E-state index in [0.717, 1.165) is 50.1 Å². The van der Waals surface area contributed by atoms with Crippen LogP contribution in [0.2, 0.25) is 0 Å². The van der Waals surface area contributed by atoms with Crippen molar-refractivity contribution in [2.45, 2.75) is 57.0 Å². The monoisotopic (exact) mass is 812 g/mol. The summed E-state index contributed by atoms with van der Waals surface area (Å²) in [4.78, 5) is 18.4. The standard InChI is InChI=1S/C37H46F2N8O4.3ClH/c1-3-34(27(2)48)47-36(49)45(25-41-47)37(13-5-4-6-14-37)44-17-15-43(16-18-44)30-8-10-31(11-9-30)50-22-28-19-32(51-23-28)21-42-24-40-46(26-42)35-12-7-29(38)20-33(35)39;;;/h4-13,20,24-25,27-28,32,34,48H,3,14-19,21-23,26H2,1-2H3;3*1H/t27-,28-,32+,34-,37?;;;/m0.../s1. The molecule has 2 N–H and O–H groups in total. The Bertz CT molecular complexity index is 1830. The van der Waals surface area contributed by atoms with Crippen LogP contribution >= 0.6 is 24.8 Å². The lowest BCUT2D eigenvalue weighted by molar-refractivity contribution is -0.524. The van der Waals surface area contributed by atoms with E-state index in [1.807, 2.05) is 35.8 Å². The smallest absolute Gasteiger partial charge is 0.347 e. The van der Waals surface area contributed by atoms with Crippen LogP contribution in [0.4, 0.5) is 20.2 Å². The SMILES string of the molecule is CC[C@@H]([C@H](C)O)n1ncn(C2(N3CCN(c4ccc(OC[C@H]5CO[C@@H](C[N+]6=CNN(c7ccc(F)cc7F)C6)C5)cc4)CC3)C=CC=CC2)c1=O.Cl.Cl.[Cl-]. The lowest BCUT2D eigenvalue weighted by Crippen LogP contribution is -3.00. The number of piperazine rings is 1. The van der Waals surface area contributed by atoms with Crippen molar-refractivity contribution < 1.29 is 40.3 Å². The number of aliphatic hydroxyl groups is 1. The van der Waals surface area contributed by atoms with E-state index in [4.69, 9.17) is 9.47 Å². The zero-order valence-corrected chi connectivity index (χ0v) is 32.7. The fourth-order valence-electron chi connectivity index (χ4n) is 7.67. The maximum atomic E-state index is 14.2. The van der Waals surface area contributed by atoms with Crippen LogP contribution in [0.3, 0.4) is 0 Å². The number of benzene rings is 2. The number of hydrogen-bond donors (Lipinski definition) is 2. The van der Waals surface area contributed by atoms with Crippen LogP contribution in [0.1, 0.15) is 39.2 Å². The molecular formula is C37H49Cl3F2N8O4. The van der Waals surface area contributed by atoms with Crippen LogP contribution in [0.15, 0.2) is 77.9 Å². The van der Waals surface area contributed by atoms with Crippen LogP contribution in [-0.2, 0) is 10.4 Å². The number of hydrazine groups is 1. The summed E-state index contributed by atoms with van der Waals surface area (Å²) in [6, 6.07) is 11.4. The summed E-state index contributed by atoms with van der Waals surface area (Å²) in [6.07, 6.45) is 13.1. The van der Waals surface area contributed by atoms with Gasteiger partial charge in [0.25, 0.3) is 6.34 Å². The summed E-state index contributed by atoms with van der Waals surface area (Å²) in [7, 11) is 0. The summed E-state index contributed by atoms with van der Waals surface area (Å²) in [6.45, 7) is 9.02. The van der Waals surface area contributed by atoms with Crippen molar-refractivity contribution in [2.75, 3.05) is 62.5 Å². The Morgan fingerprint density at radius 2 is 1.87 bits per heavy atom. The van der Waals surface area contributed by atoms with Gasteiger partial charge >= 0.3 is 5.69 Å². The summed E-state index contributed by atoms with van der Waals surface area (Å²) >= 11 is 0. The Labute approximate surface area is 332 Å². The molecule has 3 aromatic rings. The molecule has 1 aromatic heterocycles. The number of halogens is 5. The summed E-state index contributed by atoms with van der Waals surface area (Å²) < 4.78 is 44.9. The lowest BCUT2D eigenvalue weighted by Gasteiger charge is -2.47. The summed E-state index contributed by atoms with van der Waals surface area (Å²) in [5, 5.41) is 16.4. The highest BCUT2D eigenvalue weighted by molar-refractivity contribution is 5.85. The Morgan fingerprint density at radius 1 is 1.11 bits per heavy atom. The highest BCUT2D eigenvalue weighted by Crippen LogP contribution is 2.33. The van der Waals surface area contributed by atoms with E-state index in [9.17, 15) is 18.7 Å². The second kappa shape index (κ2) is 18.8. The molecule has 7 rings (SSSR count). The fraction of sp³-hybridized carbons (Fsp3) is 0.486. The minimum atomic E-state index is -0.682. The number of hydrogen-bond acceptors (Lipinski definition) is 9. The van der Waals surface area contributed by atoms with Crippen LogP contribution in [-0.4, -0.2) is 100 Å². The molecule has 0 amide bonds. The highest BCUT2D eigenvalue weighted by Gasteiger charge is 2.40. The first-order chi connectivity index (χ1) is 24.7. The molecule has 0 bridgehead atoms. The maximum Gasteiger partial charge on any atom is 0.347 e. The van der Waals surface area contributed by atoms with Gasteiger partial charge in [-0.1, -0.05) is 25.2 Å². The van der Waals surface area contributed by atoms with Gasteiger partial charge in [0.05, 0.1) is 31.5 Å². The van der Waals surface area contributed by atoms with E-state index in [1.54, 1.807) is 29.2 Å². The van der Waals surface area contributed by atoms with Crippen molar-refractivity contribution in [3.05, 3.63) is 95.2 Å². The number of aromatic nitrogens is 3. The zero-order valence-electron chi connectivity index (χ0n) is 30.3. The van der Waals surface area contributed by atoms with E-state index in [1.165, 1.54) is 16.8 Å². The second-order valence-electron chi connectivity index (χ2n) is 13.8. The predicted molar refractivity (Wildman–Crippen MR) is 204 cm³/mol. The molecule has 296 valence electrons. The van der Waals surface area contributed by atoms with Gasteiger partial charge in [-0.3, -0.25) is 9.47 Å². The number of anilines is 2. The number of ether oxygens (including phenoxy) is 2. The van der Waals surface area contributed by atoms with Crippen molar-refractivity contribution in [3.63, 3.8) is 0 Å². The quantitative estimate of drug-likeness (QED) is 0.263. The summed E-state index contributed by atoms with van der Waals surface area (Å²) in [5.41, 5.74) is 3.59. The third-order valence-electron chi connectivity index (χ3n) is 10.5. The molecule has 3 aliphatic heterocycles. The number of nitrogens with zero attached hydrogens (tertiary/aromatic N) is 7. The first kappa shape index (κ1) is 43.1. The van der Waals surface area contributed by atoms with Crippen molar-refractivity contribution in [1.82, 2.24) is 24.7 Å². The Balaban J connectivity index is 0.00000217. The number of aliphatic hydroxyl groups excluding tert-OH is 1. The van der Waals surface area contributed by atoms with Gasteiger partial charge < -0.3 is 31.9 Å². The molecule has 1 aliphatic carbocycles. The first-order valence-electron chi connectivity index (χ1n) is 17.8. The van der Waals surface area contributed by atoms with Crippen LogP contribution < -0.4 is 38.2 Å². The van der Waals surface area contributed by atoms with Crippen molar-refractivity contribution >= 4 is 42.5 Å². The van der Waals surface area contributed by atoms with Crippen molar-refractivity contribution in [2.24, 2.45) is 5.92 Å². The molecular weight excluding hydrogens is 765 g/mol. The van der Waals surface area contributed by atoms with E-state index in [0.29, 0.717) is 45.0 Å². The van der Waals surface area contributed by atoms with Gasteiger partial charge in [-0.05, 0) is 62.2 Å². The van der Waals surface area contributed by atoms with Gasteiger partial charge in [0.1, 0.15) is 35.8 Å². The van der Waals surface area contributed by atoms with E-state index in [2.05, 4.69) is 44.6 Å². The Kier molecular flexibility index (Phi) is 15.0. The van der Waals surface area contributed by atoms with Gasteiger partial charge in [0.2, 0.25) is 0 Å². The normalized spacial score (nSPS) is 23.5. The topological polar surface area (TPSA) is 103 Å². The molecule has 12 nitrogen and oxygen atoms in total. The third kappa shape index (κ3) is 9.06. The average molecular weight is 814 g/mol. The van der Waals surface area contributed by atoms with E-state index in [-0.39, 0.29) is 61.0 Å². The van der Waals surface area contributed by atoms with Gasteiger partial charge in [0, 0.05) is 50.3 Å². The van der Waals surface area contributed by atoms with Crippen molar-refractivity contribution in [1.29, 1.82) is 0 Å². The van der Waals surface area contributed by atoms with Crippen LogP contribution in [0.25, 0.3) is 0 Å². The molecule has 4 heterocycles. The van der Waals surface area contributed by atoms with Crippen LogP contribution in [0, 0.1) is 17.6 Å². The molecule has 1 unspecified atom stereocenters. The third-order valence-corrected chi connectivity index (χ3v) is 10.5. The van der Waals surface area contributed by atoms with Gasteiger partial charge in [-0.25, -0.2) is 22.8 Å².